The van der Waals surface area contributed by atoms with Gasteiger partial charge in [-0.15, -0.1) is 0 Å². The Morgan fingerprint density at radius 2 is 1.63 bits per heavy atom. The fourth-order valence-corrected chi connectivity index (χ4v) is 1.49. The monoisotopic (exact) mass is 268 g/mol. The Balaban J connectivity index is 2.91. The molecule has 0 radical (unpaired) electrons. The molecule has 0 heterocycles. The van der Waals surface area contributed by atoms with Gasteiger partial charge >= 0.3 is 11.9 Å². The second kappa shape index (κ2) is 6.86. The number of carbonyl (C=O) groups excluding carboxylic acids is 2. The fourth-order valence-electron chi connectivity index (χ4n) is 1.49. The van der Waals surface area contributed by atoms with Gasteiger partial charge in [0, 0.05) is 0 Å². The number of benzene rings is 1. The second-order valence-corrected chi connectivity index (χ2v) is 3.74. The summed E-state index contributed by atoms with van der Waals surface area (Å²) in [4.78, 5) is 23.4. The molecule has 1 rings (SSSR count). The highest BCUT2D eigenvalue weighted by Crippen LogP contribution is 2.18. The van der Waals surface area contributed by atoms with Crippen molar-refractivity contribution >= 4 is 11.9 Å². The van der Waals surface area contributed by atoms with Gasteiger partial charge in [0.15, 0.2) is 0 Å². The first-order chi connectivity index (χ1) is 9.10. The van der Waals surface area contributed by atoms with Crippen molar-refractivity contribution in [2.24, 2.45) is 0 Å². The van der Waals surface area contributed by atoms with Crippen LogP contribution in [-0.4, -0.2) is 43.5 Å². The van der Waals surface area contributed by atoms with E-state index in [1.165, 1.54) is 0 Å². The van der Waals surface area contributed by atoms with E-state index in [0.717, 1.165) is 19.8 Å². The average molecular weight is 268 g/mol. The molecule has 6 heteroatoms. The van der Waals surface area contributed by atoms with Crippen molar-refractivity contribution < 1.29 is 28.9 Å². The van der Waals surface area contributed by atoms with E-state index in [1.807, 2.05) is 6.07 Å². The molecule has 0 atom stereocenters. The highest BCUT2D eigenvalue weighted by atomic mass is 16.6. The Kier molecular flexibility index (Phi) is 5.47. The Labute approximate surface area is 110 Å². The number of methoxy groups -OCH3 is 2. The summed E-state index contributed by atoms with van der Waals surface area (Å²) in [5.74, 6) is -2.00. The third-order valence-electron chi connectivity index (χ3n) is 2.58. The number of hydrogen-bond acceptors (Lipinski definition) is 6. The van der Waals surface area contributed by atoms with E-state index in [1.54, 1.807) is 24.3 Å². The van der Waals surface area contributed by atoms with Crippen LogP contribution >= 0.6 is 0 Å². The Hall–Kier alpha value is -1.92. The molecule has 0 aromatic heterocycles. The lowest BCUT2D eigenvalue weighted by Gasteiger charge is -2.26. The fraction of sp³-hybridized carbons (Fsp3) is 0.385. The molecule has 0 unspecified atom stereocenters. The number of carbonyl (C=O) groups is 2. The van der Waals surface area contributed by atoms with Crippen LogP contribution in [0.4, 0.5) is 0 Å². The zero-order valence-electron chi connectivity index (χ0n) is 10.8. The summed E-state index contributed by atoms with van der Waals surface area (Å²) in [6.45, 7) is -0.898. The number of aliphatic hydroxyl groups excluding tert-OH is 1. The zero-order chi connectivity index (χ0) is 14.3. The minimum absolute atomic E-state index is 0.0361. The van der Waals surface area contributed by atoms with Crippen LogP contribution in [0.1, 0.15) is 5.56 Å². The van der Waals surface area contributed by atoms with Gasteiger partial charge in [-0.2, -0.15) is 0 Å². The van der Waals surface area contributed by atoms with Gasteiger partial charge in [-0.3, -0.25) is 0 Å². The highest BCUT2D eigenvalue weighted by Gasteiger charge is 2.50. The minimum Gasteiger partial charge on any atom is -0.466 e. The topological polar surface area (TPSA) is 82.1 Å². The van der Waals surface area contributed by atoms with Crippen LogP contribution in [0, 0.1) is 0 Å². The van der Waals surface area contributed by atoms with E-state index >= 15 is 0 Å². The van der Waals surface area contributed by atoms with Crippen LogP contribution < -0.4 is 0 Å². The van der Waals surface area contributed by atoms with Crippen molar-refractivity contribution in [3.05, 3.63) is 35.9 Å². The van der Waals surface area contributed by atoms with Gasteiger partial charge in [0.1, 0.15) is 0 Å². The molecule has 0 saturated heterocycles. The summed E-state index contributed by atoms with van der Waals surface area (Å²) in [5, 5.41) is 9.33. The smallest absolute Gasteiger partial charge is 0.352 e. The van der Waals surface area contributed by atoms with Gasteiger partial charge in [-0.25, -0.2) is 9.59 Å². The van der Waals surface area contributed by atoms with Crippen molar-refractivity contribution in [2.75, 3.05) is 20.8 Å². The van der Waals surface area contributed by atoms with E-state index < -0.39 is 24.1 Å². The minimum atomic E-state index is -2.15. The standard InChI is InChI=1S/C13H16O6/c1-17-11(15)13(9-14,12(16)18-2)19-8-10-6-4-3-5-7-10/h3-7,14H,8-9H2,1-2H3. The molecule has 19 heavy (non-hydrogen) atoms. The maximum Gasteiger partial charge on any atom is 0.352 e. The van der Waals surface area contributed by atoms with Crippen LogP contribution in [-0.2, 0) is 30.4 Å². The van der Waals surface area contributed by atoms with Gasteiger partial charge in [0.25, 0.3) is 5.60 Å². The van der Waals surface area contributed by atoms with Gasteiger partial charge in [-0.1, -0.05) is 30.3 Å². The number of aliphatic hydroxyl groups is 1. The Morgan fingerprint density at radius 1 is 1.11 bits per heavy atom. The maximum absolute atomic E-state index is 11.7. The van der Waals surface area contributed by atoms with Crippen molar-refractivity contribution in [1.82, 2.24) is 0 Å². The number of ether oxygens (including phenoxy) is 3. The Morgan fingerprint density at radius 3 is 2.05 bits per heavy atom. The van der Waals surface area contributed by atoms with Crippen LogP contribution in [0.25, 0.3) is 0 Å². The van der Waals surface area contributed by atoms with Gasteiger partial charge in [0.05, 0.1) is 27.4 Å². The van der Waals surface area contributed by atoms with Crippen molar-refractivity contribution in [1.29, 1.82) is 0 Å². The van der Waals surface area contributed by atoms with E-state index in [4.69, 9.17) is 4.74 Å². The molecule has 0 spiro atoms. The molecular formula is C13H16O6. The predicted molar refractivity (Wildman–Crippen MR) is 65.1 cm³/mol. The summed E-state index contributed by atoms with van der Waals surface area (Å²) in [5.41, 5.74) is -1.41. The highest BCUT2D eigenvalue weighted by molar-refractivity contribution is 6.03. The second-order valence-electron chi connectivity index (χ2n) is 3.74. The first-order valence-corrected chi connectivity index (χ1v) is 5.56. The number of hydrogen-bond donors (Lipinski definition) is 1. The predicted octanol–water partition coefficient (Wildman–Crippen LogP) is 0.280. The van der Waals surface area contributed by atoms with Crippen molar-refractivity contribution in [3.63, 3.8) is 0 Å². The third-order valence-corrected chi connectivity index (χ3v) is 2.58. The maximum atomic E-state index is 11.7. The third kappa shape index (κ3) is 3.30. The first-order valence-electron chi connectivity index (χ1n) is 5.56. The molecule has 0 aliphatic rings. The lowest BCUT2D eigenvalue weighted by Crippen LogP contribution is -2.53. The first kappa shape index (κ1) is 15.1. The largest absolute Gasteiger partial charge is 0.466 e. The lowest BCUT2D eigenvalue weighted by molar-refractivity contribution is -0.195. The number of rotatable bonds is 6. The van der Waals surface area contributed by atoms with E-state index in [9.17, 15) is 14.7 Å². The molecule has 0 amide bonds. The summed E-state index contributed by atoms with van der Waals surface area (Å²) < 4.78 is 14.3. The molecule has 0 saturated carbocycles. The molecule has 1 N–H and O–H groups in total. The molecule has 1 aromatic carbocycles. The van der Waals surface area contributed by atoms with Gasteiger partial charge < -0.3 is 19.3 Å². The molecule has 1 aromatic rings. The Bertz CT molecular complexity index is 412. The molecule has 6 nitrogen and oxygen atoms in total. The number of esters is 2. The molecule has 0 fully saturated rings. The van der Waals surface area contributed by atoms with Gasteiger partial charge in [0.2, 0.25) is 0 Å². The summed E-state index contributed by atoms with van der Waals surface area (Å²) >= 11 is 0. The zero-order valence-corrected chi connectivity index (χ0v) is 10.8. The van der Waals surface area contributed by atoms with E-state index in [2.05, 4.69) is 9.47 Å². The molecule has 0 aliphatic heterocycles. The summed E-state index contributed by atoms with van der Waals surface area (Å²) in [6.07, 6.45) is 0. The van der Waals surface area contributed by atoms with Crippen LogP contribution in [0.15, 0.2) is 30.3 Å². The van der Waals surface area contributed by atoms with Gasteiger partial charge in [-0.05, 0) is 5.56 Å². The van der Waals surface area contributed by atoms with Crippen LogP contribution in [0.5, 0.6) is 0 Å². The SMILES string of the molecule is COC(=O)C(CO)(OCc1ccccc1)C(=O)OC. The van der Waals surface area contributed by atoms with Crippen molar-refractivity contribution in [3.8, 4) is 0 Å². The average Bonchev–Trinajstić information content (AvgIpc) is 2.48. The van der Waals surface area contributed by atoms with Crippen LogP contribution in [0.3, 0.4) is 0 Å². The molecular weight excluding hydrogens is 252 g/mol. The van der Waals surface area contributed by atoms with E-state index in [0.29, 0.717) is 0 Å². The normalized spacial score (nSPS) is 10.9. The van der Waals surface area contributed by atoms with Crippen LogP contribution in [0.2, 0.25) is 0 Å². The molecule has 0 aliphatic carbocycles. The summed E-state index contributed by atoms with van der Waals surface area (Å²) in [6, 6.07) is 8.92. The van der Waals surface area contributed by atoms with Crippen molar-refractivity contribution in [2.45, 2.75) is 12.2 Å². The quantitative estimate of drug-likeness (QED) is 0.589. The molecule has 104 valence electrons. The van der Waals surface area contributed by atoms with E-state index in [-0.39, 0.29) is 6.61 Å². The summed E-state index contributed by atoms with van der Waals surface area (Å²) in [7, 11) is 2.20. The molecule has 0 bridgehead atoms. The lowest BCUT2D eigenvalue weighted by atomic mass is 10.1.